The summed E-state index contributed by atoms with van der Waals surface area (Å²) < 4.78 is 4.85. The molecule has 19 heavy (non-hydrogen) atoms. The number of aliphatic carboxylic acids is 1. The van der Waals surface area contributed by atoms with Crippen LogP contribution < -0.4 is 11.1 Å². The summed E-state index contributed by atoms with van der Waals surface area (Å²) in [6.45, 7) is 2.00. The van der Waals surface area contributed by atoms with E-state index in [4.69, 9.17) is 15.6 Å². The number of ether oxygens (including phenoxy) is 1. The lowest BCUT2D eigenvalue weighted by molar-refractivity contribution is -0.138. The predicted octanol–water partition coefficient (Wildman–Crippen LogP) is 0.391. The van der Waals surface area contributed by atoms with Crippen LogP contribution in [-0.4, -0.2) is 41.7 Å². The number of nitrogens with one attached hydrogen (secondary N) is 1. The standard InChI is InChI=1S/C12H17N3O4/c1-7-5-8(11(13)16)6-10(14-7)15-9(12(17)18)3-4-19-2/h5-6,9H,3-4H2,1-2H3,(H2,13,16)(H,14,15)(H,17,18). The third-order valence-corrected chi connectivity index (χ3v) is 2.47. The van der Waals surface area contributed by atoms with Gasteiger partial charge in [0.05, 0.1) is 0 Å². The van der Waals surface area contributed by atoms with E-state index < -0.39 is 17.9 Å². The van der Waals surface area contributed by atoms with Gasteiger partial charge in [0.1, 0.15) is 11.9 Å². The second-order valence-corrected chi connectivity index (χ2v) is 4.06. The van der Waals surface area contributed by atoms with Crippen molar-refractivity contribution >= 4 is 17.7 Å². The highest BCUT2D eigenvalue weighted by Crippen LogP contribution is 2.12. The van der Waals surface area contributed by atoms with Gasteiger partial charge in [-0.25, -0.2) is 9.78 Å². The number of hydrogen-bond donors (Lipinski definition) is 3. The van der Waals surface area contributed by atoms with Crippen molar-refractivity contribution in [2.45, 2.75) is 19.4 Å². The maximum absolute atomic E-state index is 11.1. The number of methoxy groups -OCH3 is 1. The van der Waals surface area contributed by atoms with Gasteiger partial charge in [-0.15, -0.1) is 0 Å². The zero-order valence-corrected chi connectivity index (χ0v) is 10.8. The highest BCUT2D eigenvalue weighted by atomic mass is 16.5. The zero-order chi connectivity index (χ0) is 14.4. The van der Waals surface area contributed by atoms with Gasteiger partial charge in [-0.2, -0.15) is 0 Å². The van der Waals surface area contributed by atoms with Gasteiger partial charge in [0, 0.05) is 31.4 Å². The van der Waals surface area contributed by atoms with Crippen molar-refractivity contribution in [3.63, 3.8) is 0 Å². The molecule has 104 valence electrons. The minimum Gasteiger partial charge on any atom is -0.480 e. The first-order valence-corrected chi connectivity index (χ1v) is 5.70. The first-order chi connectivity index (χ1) is 8.93. The molecule has 0 saturated heterocycles. The van der Waals surface area contributed by atoms with E-state index in [1.54, 1.807) is 13.0 Å². The molecule has 0 spiro atoms. The molecule has 1 amide bonds. The van der Waals surface area contributed by atoms with E-state index in [1.165, 1.54) is 13.2 Å². The van der Waals surface area contributed by atoms with Gasteiger partial charge in [-0.3, -0.25) is 4.79 Å². The number of hydrogen-bond acceptors (Lipinski definition) is 5. The van der Waals surface area contributed by atoms with Crippen LogP contribution >= 0.6 is 0 Å². The maximum atomic E-state index is 11.1. The number of pyridine rings is 1. The largest absolute Gasteiger partial charge is 0.480 e. The van der Waals surface area contributed by atoms with Gasteiger partial charge in [-0.05, 0) is 19.1 Å². The van der Waals surface area contributed by atoms with Crippen LogP contribution in [0.4, 0.5) is 5.82 Å². The third kappa shape index (κ3) is 4.55. The minimum absolute atomic E-state index is 0.283. The van der Waals surface area contributed by atoms with Gasteiger partial charge in [0.25, 0.3) is 0 Å². The van der Waals surface area contributed by atoms with Crippen molar-refractivity contribution in [2.24, 2.45) is 5.73 Å². The summed E-state index contributed by atoms with van der Waals surface area (Å²) >= 11 is 0. The normalized spacial score (nSPS) is 11.9. The highest BCUT2D eigenvalue weighted by Gasteiger charge is 2.18. The molecule has 0 aromatic carbocycles. The molecule has 7 heteroatoms. The summed E-state index contributed by atoms with van der Waals surface area (Å²) in [7, 11) is 1.50. The molecule has 1 atom stereocenters. The fraction of sp³-hybridized carbons (Fsp3) is 0.417. The number of aromatic nitrogens is 1. The second kappa shape index (κ2) is 6.69. The first kappa shape index (κ1) is 14.9. The lowest BCUT2D eigenvalue weighted by Gasteiger charge is -2.15. The summed E-state index contributed by atoms with van der Waals surface area (Å²) in [6.07, 6.45) is 0.285. The first-order valence-electron chi connectivity index (χ1n) is 5.70. The van der Waals surface area contributed by atoms with Gasteiger partial charge in [0.2, 0.25) is 5.91 Å². The number of carbonyl (C=O) groups excluding carboxylic acids is 1. The molecule has 7 nitrogen and oxygen atoms in total. The van der Waals surface area contributed by atoms with E-state index in [2.05, 4.69) is 10.3 Å². The van der Waals surface area contributed by atoms with Crippen LogP contribution in [0.15, 0.2) is 12.1 Å². The Kier molecular flexibility index (Phi) is 5.25. The molecule has 0 aliphatic carbocycles. The smallest absolute Gasteiger partial charge is 0.326 e. The number of carboxylic acid groups (broad SMARTS) is 1. The van der Waals surface area contributed by atoms with E-state index in [9.17, 15) is 9.59 Å². The van der Waals surface area contributed by atoms with Gasteiger partial charge in [-0.1, -0.05) is 0 Å². The molecular weight excluding hydrogens is 250 g/mol. The molecular formula is C12H17N3O4. The van der Waals surface area contributed by atoms with Crippen molar-refractivity contribution in [1.82, 2.24) is 4.98 Å². The van der Waals surface area contributed by atoms with Crippen LogP contribution in [0.2, 0.25) is 0 Å². The van der Waals surface area contributed by atoms with Gasteiger partial charge >= 0.3 is 5.97 Å². The van der Waals surface area contributed by atoms with Crippen LogP contribution in [-0.2, 0) is 9.53 Å². The molecule has 1 aromatic rings. The number of nitrogens with two attached hydrogens (primary N) is 1. The summed E-state index contributed by atoms with van der Waals surface area (Å²) in [5, 5.41) is 11.8. The van der Waals surface area contributed by atoms with Crippen LogP contribution in [0.25, 0.3) is 0 Å². The Balaban J connectivity index is 2.89. The molecule has 0 bridgehead atoms. The Morgan fingerprint density at radius 2 is 2.21 bits per heavy atom. The highest BCUT2D eigenvalue weighted by molar-refractivity contribution is 5.93. The average Bonchev–Trinajstić information content (AvgIpc) is 2.33. The Bertz CT molecular complexity index is 476. The van der Waals surface area contributed by atoms with E-state index in [1.807, 2.05) is 0 Å². The van der Waals surface area contributed by atoms with E-state index in [0.717, 1.165) is 0 Å². The van der Waals surface area contributed by atoms with Crippen molar-refractivity contribution in [1.29, 1.82) is 0 Å². The van der Waals surface area contributed by atoms with E-state index in [0.29, 0.717) is 18.1 Å². The fourth-order valence-corrected chi connectivity index (χ4v) is 1.56. The molecule has 4 N–H and O–H groups in total. The number of carboxylic acids is 1. The molecule has 0 radical (unpaired) electrons. The van der Waals surface area contributed by atoms with E-state index in [-0.39, 0.29) is 12.0 Å². The molecule has 1 heterocycles. The predicted molar refractivity (Wildman–Crippen MR) is 69.0 cm³/mol. The van der Waals surface area contributed by atoms with Gasteiger partial charge < -0.3 is 20.9 Å². The fourth-order valence-electron chi connectivity index (χ4n) is 1.56. The third-order valence-electron chi connectivity index (χ3n) is 2.47. The Hall–Kier alpha value is -2.15. The Morgan fingerprint density at radius 1 is 1.53 bits per heavy atom. The van der Waals surface area contributed by atoms with E-state index >= 15 is 0 Å². The molecule has 0 fully saturated rings. The molecule has 0 saturated carbocycles. The Morgan fingerprint density at radius 3 is 2.74 bits per heavy atom. The topological polar surface area (TPSA) is 115 Å². The lowest BCUT2D eigenvalue weighted by Crippen LogP contribution is -2.31. The van der Waals surface area contributed by atoms with Crippen LogP contribution in [0, 0.1) is 6.92 Å². The van der Waals surface area contributed by atoms with Crippen LogP contribution in [0.3, 0.4) is 0 Å². The summed E-state index contributed by atoms with van der Waals surface area (Å²) in [4.78, 5) is 26.3. The minimum atomic E-state index is -1.01. The van der Waals surface area contributed by atoms with Crippen molar-refractivity contribution < 1.29 is 19.4 Å². The molecule has 0 aliphatic heterocycles. The number of anilines is 1. The number of amides is 1. The average molecular weight is 267 g/mol. The summed E-state index contributed by atoms with van der Waals surface area (Å²) in [6, 6.07) is 2.13. The monoisotopic (exact) mass is 267 g/mol. The molecule has 1 unspecified atom stereocenters. The molecule has 0 aliphatic rings. The summed E-state index contributed by atoms with van der Waals surface area (Å²) in [5.74, 6) is -1.30. The van der Waals surface area contributed by atoms with Crippen molar-refractivity contribution in [3.8, 4) is 0 Å². The number of rotatable bonds is 7. The zero-order valence-electron chi connectivity index (χ0n) is 10.8. The van der Waals surface area contributed by atoms with Crippen LogP contribution in [0.5, 0.6) is 0 Å². The quantitative estimate of drug-likeness (QED) is 0.658. The molecule has 1 aromatic heterocycles. The maximum Gasteiger partial charge on any atom is 0.326 e. The van der Waals surface area contributed by atoms with Crippen molar-refractivity contribution in [3.05, 3.63) is 23.4 Å². The SMILES string of the molecule is COCCC(Nc1cc(C(N)=O)cc(C)n1)C(=O)O. The van der Waals surface area contributed by atoms with Gasteiger partial charge in [0.15, 0.2) is 0 Å². The number of carbonyl (C=O) groups is 2. The lowest BCUT2D eigenvalue weighted by atomic mass is 10.2. The number of aryl methyl sites for hydroxylation is 1. The van der Waals surface area contributed by atoms with Crippen LogP contribution in [0.1, 0.15) is 22.5 Å². The number of nitrogens with zero attached hydrogens (tertiary/aromatic N) is 1. The van der Waals surface area contributed by atoms with Crippen molar-refractivity contribution in [2.75, 3.05) is 19.0 Å². The number of primary amides is 1. The molecule has 1 rings (SSSR count). The summed E-state index contributed by atoms with van der Waals surface area (Å²) in [5.41, 5.74) is 6.05. The Labute approximate surface area is 110 Å². The second-order valence-electron chi connectivity index (χ2n) is 4.06.